The minimum atomic E-state index is 0.556. The summed E-state index contributed by atoms with van der Waals surface area (Å²) in [5.74, 6) is 1.63. The van der Waals surface area contributed by atoms with Gasteiger partial charge in [-0.15, -0.1) is 0 Å². The number of anilines is 1. The Bertz CT molecular complexity index is 324. The summed E-state index contributed by atoms with van der Waals surface area (Å²) >= 11 is 0. The van der Waals surface area contributed by atoms with Crippen molar-refractivity contribution in [2.75, 3.05) is 25.5 Å². The Labute approximate surface area is 96.4 Å². The van der Waals surface area contributed by atoms with Gasteiger partial charge in [0.05, 0.1) is 7.11 Å². The van der Waals surface area contributed by atoms with Gasteiger partial charge in [0.25, 0.3) is 0 Å². The zero-order valence-electron chi connectivity index (χ0n) is 9.70. The number of nitrogens with zero attached hydrogens (tertiary/aromatic N) is 1. The van der Waals surface area contributed by atoms with Gasteiger partial charge in [-0.3, -0.25) is 0 Å². The molecular weight excluding hydrogens is 202 g/mol. The number of piperidine rings is 1. The number of pyridine rings is 1. The van der Waals surface area contributed by atoms with Crippen molar-refractivity contribution in [1.82, 2.24) is 10.3 Å². The van der Waals surface area contributed by atoms with Crippen molar-refractivity contribution in [3.8, 4) is 5.75 Å². The molecule has 1 aliphatic rings. The average Bonchev–Trinajstić information content (AvgIpc) is 2.38. The summed E-state index contributed by atoms with van der Waals surface area (Å²) in [4.78, 5) is 4.27. The highest BCUT2D eigenvalue weighted by Gasteiger charge is 2.12. The summed E-state index contributed by atoms with van der Waals surface area (Å²) in [6.45, 7) is 2.04. The molecule has 88 valence electrons. The molecule has 16 heavy (non-hydrogen) atoms. The van der Waals surface area contributed by atoms with Crippen LogP contribution >= 0.6 is 0 Å². The van der Waals surface area contributed by atoms with Gasteiger partial charge in [0.2, 0.25) is 0 Å². The molecule has 0 aliphatic carbocycles. The van der Waals surface area contributed by atoms with Gasteiger partial charge in [-0.1, -0.05) is 6.42 Å². The van der Waals surface area contributed by atoms with Gasteiger partial charge in [0.1, 0.15) is 0 Å². The molecule has 1 atom stereocenters. The third-order valence-corrected chi connectivity index (χ3v) is 2.92. The highest BCUT2D eigenvalue weighted by atomic mass is 16.5. The number of hydrogen-bond acceptors (Lipinski definition) is 4. The van der Waals surface area contributed by atoms with E-state index >= 15 is 0 Å². The number of methoxy groups -OCH3 is 1. The first-order valence-corrected chi connectivity index (χ1v) is 5.86. The summed E-state index contributed by atoms with van der Waals surface area (Å²) in [5, 5.41) is 6.83. The molecule has 1 saturated heterocycles. The minimum absolute atomic E-state index is 0.556. The van der Waals surface area contributed by atoms with Gasteiger partial charge in [0, 0.05) is 18.8 Å². The van der Waals surface area contributed by atoms with Crippen molar-refractivity contribution in [3.63, 3.8) is 0 Å². The molecule has 1 aromatic rings. The molecule has 1 fully saturated rings. The number of rotatable bonds is 4. The molecule has 2 rings (SSSR count). The Kier molecular flexibility index (Phi) is 3.99. The first-order chi connectivity index (χ1) is 7.90. The molecule has 0 saturated carbocycles. The molecule has 0 aromatic carbocycles. The normalized spacial score (nSPS) is 20.4. The van der Waals surface area contributed by atoms with E-state index in [4.69, 9.17) is 4.74 Å². The number of hydrogen-bond donors (Lipinski definition) is 2. The molecule has 4 nitrogen and oxygen atoms in total. The van der Waals surface area contributed by atoms with Crippen molar-refractivity contribution >= 4 is 5.82 Å². The maximum atomic E-state index is 5.24. The van der Waals surface area contributed by atoms with Crippen molar-refractivity contribution in [3.05, 3.63) is 18.3 Å². The van der Waals surface area contributed by atoms with Gasteiger partial charge >= 0.3 is 0 Å². The van der Waals surface area contributed by atoms with Crippen LogP contribution in [0.4, 0.5) is 5.82 Å². The lowest BCUT2D eigenvalue weighted by atomic mass is 10.1. The van der Waals surface area contributed by atoms with Crippen LogP contribution in [0.25, 0.3) is 0 Å². The van der Waals surface area contributed by atoms with E-state index in [0.29, 0.717) is 6.04 Å². The van der Waals surface area contributed by atoms with Crippen molar-refractivity contribution in [2.24, 2.45) is 0 Å². The van der Waals surface area contributed by atoms with Gasteiger partial charge in [0.15, 0.2) is 11.6 Å². The Morgan fingerprint density at radius 2 is 2.50 bits per heavy atom. The zero-order valence-corrected chi connectivity index (χ0v) is 9.70. The van der Waals surface area contributed by atoms with Crippen LogP contribution in [-0.4, -0.2) is 31.2 Å². The molecule has 1 unspecified atom stereocenters. The molecule has 2 heterocycles. The maximum absolute atomic E-state index is 5.24. The van der Waals surface area contributed by atoms with E-state index in [0.717, 1.165) is 24.7 Å². The Morgan fingerprint density at radius 1 is 1.56 bits per heavy atom. The van der Waals surface area contributed by atoms with E-state index < -0.39 is 0 Å². The average molecular weight is 221 g/mol. The highest BCUT2D eigenvalue weighted by molar-refractivity contribution is 5.49. The van der Waals surface area contributed by atoms with Crippen LogP contribution in [0.3, 0.4) is 0 Å². The maximum Gasteiger partial charge on any atom is 0.168 e. The lowest BCUT2D eigenvalue weighted by Crippen LogP contribution is -2.39. The molecule has 0 amide bonds. The van der Waals surface area contributed by atoms with E-state index in [1.54, 1.807) is 13.3 Å². The van der Waals surface area contributed by atoms with Gasteiger partial charge in [-0.05, 0) is 31.5 Å². The third-order valence-electron chi connectivity index (χ3n) is 2.92. The molecule has 1 aromatic heterocycles. The standard InChI is InChI=1S/C12H19N3O/c1-16-11-6-4-8-14-12(11)15-9-10-5-2-3-7-13-10/h4,6,8,10,13H,2-3,5,7,9H2,1H3,(H,14,15). The number of ether oxygens (including phenoxy) is 1. The van der Waals surface area contributed by atoms with Crippen molar-refractivity contribution in [1.29, 1.82) is 0 Å². The quantitative estimate of drug-likeness (QED) is 0.811. The number of nitrogens with one attached hydrogen (secondary N) is 2. The van der Waals surface area contributed by atoms with Crippen LogP contribution in [0.1, 0.15) is 19.3 Å². The number of aromatic nitrogens is 1. The summed E-state index contributed by atoms with van der Waals surface area (Å²) in [7, 11) is 1.67. The van der Waals surface area contributed by atoms with E-state index in [1.165, 1.54) is 19.3 Å². The molecular formula is C12H19N3O. The van der Waals surface area contributed by atoms with E-state index in [2.05, 4.69) is 15.6 Å². The molecule has 0 bridgehead atoms. The van der Waals surface area contributed by atoms with Crippen LogP contribution in [0.5, 0.6) is 5.75 Å². The monoisotopic (exact) mass is 221 g/mol. The van der Waals surface area contributed by atoms with Gasteiger partial charge in [-0.2, -0.15) is 0 Å². The fourth-order valence-corrected chi connectivity index (χ4v) is 2.01. The van der Waals surface area contributed by atoms with Crippen LogP contribution < -0.4 is 15.4 Å². The Balaban J connectivity index is 1.88. The Morgan fingerprint density at radius 3 is 3.25 bits per heavy atom. The van der Waals surface area contributed by atoms with Crippen LogP contribution in [-0.2, 0) is 0 Å². The lowest BCUT2D eigenvalue weighted by molar-refractivity contribution is 0.406. The topological polar surface area (TPSA) is 46.2 Å². The fraction of sp³-hybridized carbons (Fsp3) is 0.583. The second-order valence-electron chi connectivity index (χ2n) is 4.08. The van der Waals surface area contributed by atoms with E-state index in [-0.39, 0.29) is 0 Å². The lowest BCUT2D eigenvalue weighted by Gasteiger charge is -2.24. The van der Waals surface area contributed by atoms with Crippen LogP contribution in [0.2, 0.25) is 0 Å². The zero-order chi connectivity index (χ0) is 11.2. The first kappa shape index (κ1) is 11.2. The summed E-state index contributed by atoms with van der Waals surface area (Å²) in [6, 6.07) is 4.35. The molecule has 2 N–H and O–H groups in total. The van der Waals surface area contributed by atoms with Crippen molar-refractivity contribution < 1.29 is 4.74 Å². The SMILES string of the molecule is COc1cccnc1NCC1CCCCN1. The summed E-state index contributed by atoms with van der Waals surface area (Å²) < 4.78 is 5.24. The van der Waals surface area contributed by atoms with Crippen molar-refractivity contribution in [2.45, 2.75) is 25.3 Å². The summed E-state index contributed by atoms with van der Waals surface area (Å²) in [5.41, 5.74) is 0. The first-order valence-electron chi connectivity index (χ1n) is 5.86. The molecule has 0 spiro atoms. The van der Waals surface area contributed by atoms with Gasteiger partial charge < -0.3 is 15.4 Å². The summed E-state index contributed by atoms with van der Waals surface area (Å²) in [6.07, 6.45) is 5.63. The Hall–Kier alpha value is -1.29. The predicted molar refractivity (Wildman–Crippen MR) is 64.9 cm³/mol. The smallest absolute Gasteiger partial charge is 0.168 e. The van der Waals surface area contributed by atoms with Crippen LogP contribution in [0.15, 0.2) is 18.3 Å². The van der Waals surface area contributed by atoms with E-state index in [9.17, 15) is 0 Å². The molecule has 1 aliphatic heterocycles. The third kappa shape index (κ3) is 2.85. The fourth-order valence-electron chi connectivity index (χ4n) is 2.01. The minimum Gasteiger partial charge on any atom is -0.493 e. The highest BCUT2D eigenvalue weighted by Crippen LogP contribution is 2.20. The predicted octanol–water partition coefficient (Wildman–Crippen LogP) is 1.64. The second-order valence-corrected chi connectivity index (χ2v) is 4.08. The molecule has 4 heteroatoms. The largest absolute Gasteiger partial charge is 0.493 e. The molecule has 0 radical (unpaired) electrons. The second kappa shape index (κ2) is 5.70. The van der Waals surface area contributed by atoms with Crippen LogP contribution in [0, 0.1) is 0 Å². The van der Waals surface area contributed by atoms with Gasteiger partial charge in [-0.25, -0.2) is 4.98 Å². The van der Waals surface area contributed by atoms with E-state index in [1.807, 2.05) is 12.1 Å².